The van der Waals surface area contributed by atoms with Gasteiger partial charge in [-0.15, -0.1) is 0 Å². The Bertz CT molecular complexity index is 1220. The van der Waals surface area contributed by atoms with E-state index in [1.165, 1.54) is 315 Å². The lowest BCUT2D eigenvalue weighted by Gasteiger charge is -2.22. The summed E-state index contributed by atoms with van der Waals surface area (Å²) in [7, 11) is 0. The Morgan fingerprint density at radius 3 is 0.987 bits per heavy atom. The molecule has 0 radical (unpaired) electrons. The molecule has 0 heterocycles. The first kappa shape index (κ1) is 76.3. The molecule has 0 saturated carbocycles. The third kappa shape index (κ3) is 63.5. The second-order valence-corrected chi connectivity index (χ2v) is 24.6. The van der Waals surface area contributed by atoms with E-state index in [2.05, 4.69) is 43.5 Å². The van der Waals surface area contributed by atoms with Crippen LogP contribution in [0, 0.1) is 0 Å². The Kier molecular flexibility index (Phi) is 66.4. The first-order chi connectivity index (χ1) is 38.5. The number of ether oxygens (including phenoxy) is 1. The predicted octanol–water partition coefficient (Wildman–Crippen LogP) is 22.9. The molecule has 1 amide bonds. The standard InChI is InChI=1S/C72H139NO5/c1-3-5-7-9-11-13-15-17-19-21-22-23-24-25-27-30-33-36-40-44-48-52-56-60-64-70(75)69(68-74)73-71(76)65-61-57-53-49-45-41-37-34-31-28-26-29-32-35-39-43-47-51-55-59-63-67-78-72(77)66-62-58-54-50-46-42-38-20-18-16-14-12-10-8-6-4-2/h14,16,20,38,69-70,74-75H,3-13,15,17-19,21-37,39-68H2,1-2H3,(H,73,76)/b16-14-,38-20-. The number of rotatable bonds is 67. The molecule has 0 bridgehead atoms. The molecule has 0 aliphatic heterocycles. The fourth-order valence-corrected chi connectivity index (χ4v) is 11.3. The number of hydrogen-bond acceptors (Lipinski definition) is 5. The lowest BCUT2D eigenvalue weighted by atomic mass is 10.0. The number of esters is 1. The van der Waals surface area contributed by atoms with Crippen LogP contribution in [0.4, 0.5) is 0 Å². The highest BCUT2D eigenvalue weighted by Crippen LogP contribution is 2.19. The Morgan fingerprint density at radius 1 is 0.359 bits per heavy atom. The molecule has 78 heavy (non-hydrogen) atoms. The number of hydrogen-bond donors (Lipinski definition) is 3. The molecule has 0 aromatic carbocycles. The van der Waals surface area contributed by atoms with Gasteiger partial charge in [-0.1, -0.05) is 353 Å². The summed E-state index contributed by atoms with van der Waals surface area (Å²) in [5.74, 6) is -0.0317. The van der Waals surface area contributed by atoms with Crippen molar-refractivity contribution in [1.29, 1.82) is 0 Å². The predicted molar refractivity (Wildman–Crippen MR) is 343 cm³/mol. The quantitative estimate of drug-likeness (QED) is 0.0320. The maximum atomic E-state index is 12.6. The molecule has 0 aromatic rings. The third-order valence-corrected chi connectivity index (χ3v) is 16.8. The average molecular weight is 1100 g/mol. The average Bonchev–Trinajstić information content (AvgIpc) is 3.44. The Labute approximate surface area is 488 Å². The maximum Gasteiger partial charge on any atom is 0.305 e. The SMILES string of the molecule is CCCCCC/C=C\C/C=C\CCCCCCCC(=O)OCCCCCCCCCCCCCCCCCCCCCCCC(=O)NC(CO)C(O)CCCCCCCCCCCCCCCCCCCCCCCCCC. The van der Waals surface area contributed by atoms with Crippen molar-refractivity contribution in [2.24, 2.45) is 0 Å². The smallest absolute Gasteiger partial charge is 0.305 e. The summed E-state index contributed by atoms with van der Waals surface area (Å²) >= 11 is 0. The Morgan fingerprint density at radius 2 is 0.641 bits per heavy atom. The van der Waals surface area contributed by atoms with Gasteiger partial charge in [-0.3, -0.25) is 9.59 Å². The number of aliphatic hydroxyl groups excluding tert-OH is 2. The molecule has 0 rings (SSSR count). The molecule has 6 nitrogen and oxygen atoms in total. The van der Waals surface area contributed by atoms with Crippen LogP contribution in [0.15, 0.2) is 24.3 Å². The number of carbonyl (C=O) groups excluding carboxylic acids is 2. The summed E-state index contributed by atoms with van der Waals surface area (Å²) < 4.78 is 5.49. The van der Waals surface area contributed by atoms with Gasteiger partial charge in [-0.25, -0.2) is 0 Å². The fourth-order valence-electron chi connectivity index (χ4n) is 11.3. The Balaban J connectivity index is 3.39. The Hall–Kier alpha value is -1.66. The van der Waals surface area contributed by atoms with Crippen molar-refractivity contribution in [3.05, 3.63) is 24.3 Å². The van der Waals surface area contributed by atoms with Gasteiger partial charge in [0, 0.05) is 12.8 Å². The van der Waals surface area contributed by atoms with Crippen LogP contribution in [0.2, 0.25) is 0 Å². The number of allylic oxidation sites excluding steroid dienone is 4. The lowest BCUT2D eigenvalue weighted by molar-refractivity contribution is -0.143. The molecule has 0 aliphatic rings. The van der Waals surface area contributed by atoms with Crippen molar-refractivity contribution in [2.45, 2.75) is 411 Å². The van der Waals surface area contributed by atoms with E-state index >= 15 is 0 Å². The van der Waals surface area contributed by atoms with Crippen LogP contribution in [-0.2, 0) is 14.3 Å². The molecule has 0 spiro atoms. The van der Waals surface area contributed by atoms with Crippen molar-refractivity contribution in [3.8, 4) is 0 Å². The second-order valence-electron chi connectivity index (χ2n) is 24.6. The molecule has 0 aromatic heterocycles. The highest BCUT2D eigenvalue weighted by molar-refractivity contribution is 5.76. The molecule has 2 atom stereocenters. The normalized spacial score (nSPS) is 12.6. The number of amides is 1. The van der Waals surface area contributed by atoms with Gasteiger partial charge in [0.2, 0.25) is 5.91 Å². The van der Waals surface area contributed by atoms with Crippen molar-refractivity contribution in [1.82, 2.24) is 5.32 Å². The van der Waals surface area contributed by atoms with Crippen LogP contribution < -0.4 is 5.32 Å². The largest absolute Gasteiger partial charge is 0.466 e. The molecule has 0 aliphatic carbocycles. The van der Waals surface area contributed by atoms with Gasteiger partial charge in [0.1, 0.15) is 0 Å². The van der Waals surface area contributed by atoms with E-state index in [-0.39, 0.29) is 18.5 Å². The van der Waals surface area contributed by atoms with Crippen LogP contribution in [0.1, 0.15) is 399 Å². The number of aliphatic hydroxyl groups is 2. The van der Waals surface area contributed by atoms with Gasteiger partial charge >= 0.3 is 5.97 Å². The number of carbonyl (C=O) groups is 2. The van der Waals surface area contributed by atoms with Crippen molar-refractivity contribution in [2.75, 3.05) is 13.2 Å². The summed E-state index contributed by atoms with van der Waals surface area (Å²) in [4.78, 5) is 24.6. The van der Waals surface area contributed by atoms with Gasteiger partial charge in [0.25, 0.3) is 0 Å². The van der Waals surface area contributed by atoms with E-state index in [0.29, 0.717) is 25.9 Å². The third-order valence-electron chi connectivity index (χ3n) is 16.8. The molecular weight excluding hydrogens is 959 g/mol. The topological polar surface area (TPSA) is 95.9 Å². The van der Waals surface area contributed by atoms with E-state index in [0.717, 1.165) is 51.4 Å². The minimum absolute atomic E-state index is 0.000346. The summed E-state index contributed by atoms with van der Waals surface area (Å²) in [6.07, 6.45) is 85.0. The summed E-state index contributed by atoms with van der Waals surface area (Å²) in [6, 6.07) is -0.544. The van der Waals surface area contributed by atoms with E-state index in [1.807, 2.05) is 0 Å². The van der Waals surface area contributed by atoms with Gasteiger partial charge in [0.15, 0.2) is 0 Å². The van der Waals surface area contributed by atoms with Crippen LogP contribution in [0.5, 0.6) is 0 Å². The van der Waals surface area contributed by atoms with E-state index in [4.69, 9.17) is 4.74 Å². The second kappa shape index (κ2) is 67.8. The number of nitrogens with one attached hydrogen (secondary N) is 1. The van der Waals surface area contributed by atoms with Crippen LogP contribution >= 0.6 is 0 Å². The molecule has 462 valence electrons. The van der Waals surface area contributed by atoms with Crippen molar-refractivity contribution < 1.29 is 24.5 Å². The van der Waals surface area contributed by atoms with E-state index in [1.54, 1.807) is 0 Å². The van der Waals surface area contributed by atoms with Crippen molar-refractivity contribution in [3.63, 3.8) is 0 Å². The summed E-state index contributed by atoms with van der Waals surface area (Å²) in [5, 5.41) is 23.4. The summed E-state index contributed by atoms with van der Waals surface area (Å²) in [5.41, 5.74) is 0. The van der Waals surface area contributed by atoms with Crippen LogP contribution in [0.3, 0.4) is 0 Å². The zero-order valence-electron chi connectivity index (χ0n) is 52.9. The first-order valence-electron chi connectivity index (χ1n) is 35.6. The monoisotopic (exact) mass is 1100 g/mol. The van der Waals surface area contributed by atoms with E-state index < -0.39 is 12.1 Å². The van der Waals surface area contributed by atoms with Gasteiger partial charge in [0.05, 0.1) is 25.4 Å². The lowest BCUT2D eigenvalue weighted by Crippen LogP contribution is -2.45. The zero-order valence-corrected chi connectivity index (χ0v) is 52.9. The summed E-state index contributed by atoms with van der Waals surface area (Å²) in [6.45, 7) is 4.97. The first-order valence-corrected chi connectivity index (χ1v) is 35.6. The maximum absolute atomic E-state index is 12.6. The van der Waals surface area contributed by atoms with Gasteiger partial charge in [-0.05, 0) is 57.8 Å². The molecule has 0 saturated heterocycles. The van der Waals surface area contributed by atoms with Gasteiger partial charge < -0.3 is 20.3 Å². The zero-order chi connectivity index (χ0) is 56.4. The molecular formula is C72H139NO5. The van der Waals surface area contributed by atoms with Crippen LogP contribution in [0.25, 0.3) is 0 Å². The minimum Gasteiger partial charge on any atom is -0.466 e. The molecule has 2 unspecified atom stereocenters. The number of unbranched alkanes of at least 4 members (excludes halogenated alkanes) is 52. The van der Waals surface area contributed by atoms with Crippen molar-refractivity contribution >= 4 is 11.9 Å². The fraction of sp³-hybridized carbons (Fsp3) is 0.917. The highest BCUT2D eigenvalue weighted by atomic mass is 16.5. The molecule has 0 fully saturated rings. The highest BCUT2D eigenvalue weighted by Gasteiger charge is 2.20. The van der Waals surface area contributed by atoms with Gasteiger partial charge in [-0.2, -0.15) is 0 Å². The molecule has 3 N–H and O–H groups in total. The van der Waals surface area contributed by atoms with E-state index in [9.17, 15) is 19.8 Å². The minimum atomic E-state index is -0.667. The van der Waals surface area contributed by atoms with Crippen LogP contribution in [-0.4, -0.2) is 47.4 Å². The molecule has 6 heteroatoms.